The molecule has 0 unspecified atom stereocenters. The van der Waals surface area contributed by atoms with Gasteiger partial charge in [-0.25, -0.2) is 9.37 Å². The Morgan fingerprint density at radius 1 is 1.37 bits per heavy atom. The highest BCUT2D eigenvalue weighted by molar-refractivity contribution is 9.10. The highest BCUT2D eigenvalue weighted by Gasteiger charge is 2.07. The van der Waals surface area contributed by atoms with Crippen LogP contribution in [0.25, 0.3) is 0 Å². The second-order valence-electron chi connectivity index (χ2n) is 3.93. The first-order valence-electron chi connectivity index (χ1n) is 5.98. The minimum Gasteiger partial charge on any atom is -0.439 e. The molecule has 19 heavy (non-hydrogen) atoms. The van der Waals surface area contributed by atoms with E-state index < -0.39 is 0 Å². The summed E-state index contributed by atoms with van der Waals surface area (Å²) in [5.41, 5.74) is 0.938. The number of pyridine rings is 1. The van der Waals surface area contributed by atoms with Gasteiger partial charge in [0.1, 0.15) is 11.6 Å². The lowest BCUT2D eigenvalue weighted by Crippen LogP contribution is -2.12. The highest BCUT2D eigenvalue weighted by Crippen LogP contribution is 2.26. The standard InChI is InChI=1S/C14H14BrFN2O/c1-2-17-9-10-4-3-7-18-14(10)19-11-5-6-12(15)13(16)8-11/h3-8,17H,2,9H2,1H3. The van der Waals surface area contributed by atoms with Crippen molar-refractivity contribution in [1.82, 2.24) is 10.3 Å². The fourth-order valence-electron chi connectivity index (χ4n) is 1.56. The van der Waals surface area contributed by atoms with Crippen LogP contribution in [0.4, 0.5) is 4.39 Å². The average Bonchev–Trinajstić information content (AvgIpc) is 2.42. The molecule has 1 aromatic carbocycles. The molecule has 1 aromatic heterocycles. The maximum atomic E-state index is 13.4. The minimum absolute atomic E-state index is 0.360. The Morgan fingerprint density at radius 2 is 2.21 bits per heavy atom. The minimum atomic E-state index is -0.360. The molecule has 5 heteroatoms. The van der Waals surface area contributed by atoms with E-state index in [1.807, 2.05) is 19.1 Å². The van der Waals surface area contributed by atoms with E-state index in [0.717, 1.165) is 12.1 Å². The molecule has 0 aliphatic heterocycles. The first-order valence-corrected chi connectivity index (χ1v) is 6.77. The van der Waals surface area contributed by atoms with E-state index in [0.29, 0.717) is 22.6 Å². The third-order valence-electron chi connectivity index (χ3n) is 2.52. The van der Waals surface area contributed by atoms with Crippen molar-refractivity contribution >= 4 is 15.9 Å². The molecule has 1 N–H and O–H groups in total. The van der Waals surface area contributed by atoms with E-state index in [9.17, 15) is 4.39 Å². The second-order valence-corrected chi connectivity index (χ2v) is 4.78. The molecular formula is C14H14BrFN2O. The molecular weight excluding hydrogens is 311 g/mol. The molecule has 0 aliphatic carbocycles. The van der Waals surface area contributed by atoms with Crippen molar-refractivity contribution in [2.24, 2.45) is 0 Å². The molecule has 0 saturated heterocycles. The number of rotatable bonds is 5. The van der Waals surface area contributed by atoms with Crippen molar-refractivity contribution in [2.75, 3.05) is 6.54 Å². The van der Waals surface area contributed by atoms with Gasteiger partial charge < -0.3 is 10.1 Å². The van der Waals surface area contributed by atoms with Crippen LogP contribution in [-0.2, 0) is 6.54 Å². The number of nitrogens with zero attached hydrogens (tertiary/aromatic N) is 1. The van der Waals surface area contributed by atoms with Crippen molar-refractivity contribution in [2.45, 2.75) is 13.5 Å². The summed E-state index contributed by atoms with van der Waals surface area (Å²) in [4.78, 5) is 4.18. The quantitative estimate of drug-likeness (QED) is 0.906. The van der Waals surface area contributed by atoms with Crippen LogP contribution in [-0.4, -0.2) is 11.5 Å². The monoisotopic (exact) mass is 324 g/mol. The van der Waals surface area contributed by atoms with Crippen molar-refractivity contribution < 1.29 is 9.13 Å². The average molecular weight is 325 g/mol. The zero-order chi connectivity index (χ0) is 13.7. The predicted molar refractivity (Wildman–Crippen MR) is 75.8 cm³/mol. The molecule has 2 aromatic rings. The normalized spacial score (nSPS) is 10.5. The van der Waals surface area contributed by atoms with Gasteiger partial charge in [0.15, 0.2) is 0 Å². The largest absolute Gasteiger partial charge is 0.439 e. The number of halogens is 2. The van der Waals surface area contributed by atoms with Crippen LogP contribution < -0.4 is 10.1 Å². The van der Waals surface area contributed by atoms with Crippen LogP contribution in [0.1, 0.15) is 12.5 Å². The summed E-state index contributed by atoms with van der Waals surface area (Å²) < 4.78 is 19.5. The Morgan fingerprint density at radius 3 is 2.95 bits per heavy atom. The Balaban J connectivity index is 2.20. The molecule has 0 amide bonds. The molecule has 0 radical (unpaired) electrons. The van der Waals surface area contributed by atoms with Gasteiger partial charge in [0.05, 0.1) is 4.47 Å². The van der Waals surface area contributed by atoms with Crippen LogP contribution in [0.15, 0.2) is 41.0 Å². The Bertz CT molecular complexity index is 563. The number of benzene rings is 1. The summed E-state index contributed by atoms with van der Waals surface area (Å²) >= 11 is 3.11. The third kappa shape index (κ3) is 3.75. The van der Waals surface area contributed by atoms with Gasteiger partial charge in [-0.2, -0.15) is 0 Å². The van der Waals surface area contributed by atoms with Crippen molar-refractivity contribution in [3.05, 3.63) is 52.4 Å². The van der Waals surface area contributed by atoms with E-state index >= 15 is 0 Å². The van der Waals surface area contributed by atoms with Gasteiger partial charge in [0, 0.05) is 24.4 Å². The summed E-state index contributed by atoms with van der Waals surface area (Å²) in [7, 11) is 0. The predicted octanol–water partition coefficient (Wildman–Crippen LogP) is 3.89. The van der Waals surface area contributed by atoms with Crippen LogP contribution >= 0.6 is 15.9 Å². The number of hydrogen-bond donors (Lipinski definition) is 1. The van der Waals surface area contributed by atoms with E-state index in [2.05, 4.69) is 26.2 Å². The number of aromatic nitrogens is 1. The summed E-state index contributed by atoms with van der Waals surface area (Å²) in [5.74, 6) is 0.559. The Labute approximate surface area is 119 Å². The summed E-state index contributed by atoms with van der Waals surface area (Å²) in [5, 5.41) is 3.21. The lowest BCUT2D eigenvalue weighted by atomic mass is 10.2. The maximum absolute atomic E-state index is 13.4. The van der Waals surface area contributed by atoms with Gasteiger partial charge in [-0.05, 0) is 40.7 Å². The molecule has 0 spiro atoms. The fraction of sp³-hybridized carbons (Fsp3) is 0.214. The Kier molecular flexibility index (Phi) is 4.87. The topological polar surface area (TPSA) is 34.2 Å². The second kappa shape index (κ2) is 6.63. The van der Waals surface area contributed by atoms with Crippen molar-refractivity contribution in [1.29, 1.82) is 0 Å². The molecule has 100 valence electrons. The first kappa shape index (κ1) is 14.0. The van der Waals surface area contributed by atoms with Crippen molar-refractivity contribution in [3.8, 4) is 11.6 Å². The Hall–Kier alpha value is -1.46. The molecule has 0 bridgehead atoms. The number of hydrogen-bond acceptors (Lipinski definition) is 3. The van der Waals surface area contributed by atoms with Crippen LogP contribution in [0.3, 0.4) is 0 Å². The lowest BCUT2D eigenvalue weighted by molar-refractivity contribution is 0.448. The van der Waals surface area contributed by atoms with Gasteiger partial charge in [0.25, 0.3) is 0 Å². The van der Waals surface area contributed by atoms with Gasteiger partial charge in [-0.1, -0.05) is 13.0 Å². The molecule has 0 aliphatic rings. The zero-order valence-electron chi connectivity index (χ0n) is 10.5. The van der Waals surface area contributed by atoms with E-state index in [-0.39, 0.29) is 5.82 Å². The summed E-state index contributed by atoms with van der Waals surface area (Å²) in [6.45, 7) is 3.56. The van der Waals surface area contributed by atoms with Crippen LogP contribution in [0, 0.1) is 5.82 Å². The fourth-order valence-corrected chi connectivity index (χ4v) is 1.81. The molecule has 0 fully saturated rings. The van der Waals surface area contributed by atoms with Crippen LogP contribution in [0.5, 0.6) is 11.6 Å². The van der Waals surface area contributed by atoms with Gasteiger partial charge >= 0.3 is 0 Å². The van der Waals surface area contributed by atoms with E-state index in [1.54, 1.807) is 18.3 Å². The van der Waals surface area contributed by atoms with Crippen LogP contribution in [0.2, 0.25) is 0 Å². The van der Waals surface area contributed by atoms with Gasteiger partial charge in [-0.3, -0.25) is 0 Å². The van der Waals surface area contributed by atoms with E-state index in [1.165, 1.54) is 6.07 Å². The SMILES string of the molecule is CCNCc1cccnc1Oc1ccc(Br)c(F)c1. The van der Waals surface area contributed by atoms with E-state index in [4.69, 9.17) is 4.74 Å². The summed E-state index contributed by atoms with van der Waals surface area (Å²) in [6.07, 6.45) is 1.65. The molecule has 2 rings (SSSR count). The van der Waals surface area contributed by atoms with Gasteiger partial charge in [0.2, 0.25) is 5.88 Å². The zero-order valence-corrected chi connectivity index (χ0v) is 12.1. The first-order chi connectivity index (χ1) is 9.20. The van der Waals surface area contributed by atoms with Crippen molar-refractivity contribution in [3.63, 3.8) is 0 Å². The molecule has 1 heterocycles. The molecule has 3 nitrogen and oxygen atoms in total. The smallest absolute Gasteiger partial charge is 0.223 e. The molecule has 0 saturated carbocycles. The van der Waals surface area contributed by atoms with Gasteiger partial charge in [-0.15, -0.1) is 0 Å². The highest BCUT2D eigenvalue weighted by atomic mass is 79.9. The third-order valence-corrected chi connectivity index (χ3v) is 3.16. The molecule has 0 atom stereocenters. The summed E-state index contributed by atoms with van der Waals surface area (Å²) in [6, 6.07) is 8.41. The number of ether oxygens (including phenoxy) is 1. The lowest BCUT2D eigenvalue weighted by Gasteiger charge is -2.10. The number of nitrogens with one attached hydrogen (secondary N) is 1. The maximum Gasteiger partial charge on any atom is 0.223 e.